The third kappa shape index (κ3) is 2.43. The van der Waals surface area contributed by atoms with Crippen molar-refractivity contribution in [3.8, 4) is 5.75 Å². The van der Waals surface area contributed by atoms with Gasteiger partial charge in [-0.2, -0.15) is 4.39 Å². The zero-order chi connectivity index (χ0) is 11.4. The van der Waals surface area contributed by atoms with E-state index in [1.807, 2.05) is 0 Å². The van der Waals surface area contributed by atoms with Crippen LogP contribution >= 0.6 is 0 Å². The van der Waals surface area contributed by atoms with Crippen molar-refractivity contribution in [2.24, 2.45) is 5.73 Å². The van der Waals surface area contributed by atoms with E-state index < -0.39 is 24.3 Å². The Morgan fingerprint density at radius 3 is 2.60 bits per heavy atom. The minimum Gasteiger partial charge on any atom is -0.491 e. The standard InChI is InChI=1S/C10H13F2NO2/c1-2-15-8-4-3-6(7(13)5-14)9(11)10(8)12/h3-4,7,14H,2,5,13H2,1H3. The highest BCUT2D eigenvalue weighted by Gasteiger charge is 2.17. The van der Waals surface area contributed by atoms with Crippen LogP contribution in [0.3, 0.4) is 0 Å². The normalized spacial score (nSPS) is 12.6. The molecule has 1 aromatic carbocycles. The average molecular weight is 217 g/mol. The highest BCUT2D eigenvalue weighted by Crippen LogP contribution is 2.25. The molecule has 1 unspecified atom stereocenters. The van der Waals surface area contributed by atoms with Crippen molar-refractivity contribution >= 4 is 0 Å². The minimum atomic E-state index is -1.07. The quantitative estimate of drug-likeness (QED) is 0.800. The van der Waals surface area contributed by atoms with E-state index in [4.69, 9.17) is 15.6 Å². The smallest absolute Gasteiger partial charge is 0.200 e. The first-order valence-electron chi connectivity index (χ1n) is 4.59. The fraction of sp³-hybridized carbons (Fsp3) is 0.400. The van der Waals surface area contributed by atoms with Crippen LogP contribution in [0.2, 0.25) is 0 Å². The van der Waals surface area contributed by atoms with Gasteiger partial charge in [0.1, 0.15) is 0 Å². The molecule has 0 aliphatic rings. The number of aliphatic hydroxyl groups is 1. The fourth-order valence-electron chi connectivity index (χ4n) is 1.20. The van der Waals surface area contributed by atoms with Crippen LogP contribution in [0.5, 0.6) is 5.75 Å². The van der Waals surface area contributed by atoms with Gasteiger partial charge in [-0.25, -0.2) is 4.39 Å². The number of hydrogen-bond acceptors (Lipinski definition) is 3. The Labute approximate surface area is 86.5 Å². The highest BCUT2D eigenvalue weighted by molar-refractivity contribution is 5.32. The van der Waals surface area contributed by atoms with Gasteiger partial charge in [0.15, 0.2) is 11.6 Å². The molecule has 1 atom stereocenters. The Hall–Kier alpha value is -1.20. The zero-order valence-corrected chi connectivity index (χ0v) is 8.34. The van der Waals surface area contributed by atoms with Crippen molar-refractivity contribution in [2.75, 3.05) is 13.2 Å². The summed E-state index contributed by atoms with van der Waals surface area (Å²) in [5, 5.41) is 8.73. The number of hydrogen-bond donors (Lipinski definition) is 2. The molecule has 5 heteroatoms. The summed E-state index contributed by atoms with van der Waals surface area (Å²) in [7, 11) is 0. The van der Waals surface area contributed by atoms with Gasteiger partial charge in [-0.3, -0.25) is 0 Å². The summed E-state index contributed by atoms with van der Waals surface area (Å²) in [6, 6.07) is 1.69. The highest BCUT2D eigenvalue weighted by atomic mass is 19.2. The molecule has 0 fully saturated rings. The Kier molecular flexibility index (Phi) is 3.99. The molecule has 3 N–H and O–H groups in total. The average Bonchev–Trinajstić information content (AvgIpc) is 2.24. The van der Waals surface area contributed by atoms with Crippen molar-refractivity contribution in [1.29, 1.82) is 0 Å². The van der Waals surface area contributed by atoms with E-state index in [0.29, 0.717) is 0 Å². The Balaban J connectivity index is 3.09. The zero-order valence-electron chi connectivity index (χ0n) is 8.34. The Bertz CT molecular complexity index is 344. The number of rotatable bonds is 4. The van der Waals surface area contributed by atoms with Crippen molar-refractivity contribution < 1.29 is 18.6 Å². The van der Waals surface area contributed by atoms with Gasteiger partial charge in [0.2, 0.25) is 5.82 Å². The maximum atomic E-state index is 13.4. The van der Waals surface area contributed by atoms with Crippen LogP contribution in [0.1, 0.15) is 18.5 Å². The molecule has 0 aliphatic carbocycles. The molecule has 1 rings (SSSR count). The van der Waals surface area contributed by atoms with Gasteiger partial charge in [-0.05, 0) is 13.0 Å². The molecule has 15 heavy (non-hydrogen) atoms. The second-order valence-corrected chi connectivity index (χ2v) is 3.00. The van der Waals surface area contributed by atoms with Gasteiger partial charge >= 0.3 is 0 Å². The van der Waals surface area contributed by atoms with Crippen molar-refractivity contribution in [1.82, 2.24) is 0 Å². The van der Waals surface area contributed by atoms with Crippen molar-refractivity contribution in [2.45, 2.75) is 13.0 Å². The number of benzene rings is 1. The van der Waals surface area contributed by atoms with E-state index in [0.717, 1.165) is 0 Å². The molecule has 3 nitrogen and oxygen atoms in total. The van der Waals surface area contributed by atoms with Gasteiger partial charge in [0.25, 0.3) is 0 Å². The summed E-state index contributed by atoms with van der Waals surface area (Å²) in [6.45, 7) is 1.48. The minimum absolute atomic E-state index is 0.0570. The molecule has 0 heterocycles. The molecular weight excluding hydrogens is 204 g/mol. The van der Waals surface area contributed by atoms with Crippen LogP contribution in [-0.2, 0) is 0 Å². The van der Waals surface area contributed by atoms with Crippen LogP contribution < -0.4 is 10.5 Å². The molecule has 0 saturated heterocycles. The molecule has 0 radical (unpaired) electrons. The van der Waals surface area contributed by atoms with Crippen LogP contribution in [0.4, 0.5) is 8.78 Å². The maximum Gasteiger partial charge on any atom is 0.200 e. The summed E-state index contributed by atoms with van der Waals surface area (Å²) in [5.74, 6) is -2.29. The molecule has 0 bridgehead atoms. The maximum absolute atomic E-state index is 13.4. The van der Waals surface area contributed by atoms with E-state index in [2.05, 4.69) is 0 Å². The molecule has 0 aliphatic heterocycles. The summed E-state index contributed by atoms with van der Waals surface area (Å²) in [5.41, 5.74) is 5.33. The number of ether oxygens (including phenoxy) is 1. The lowest BCUT2D eigenvalue weighted by Crippen LogP contribution is -2.17. The third-order valence-electron chi connectivity index (χ3n) is 1.97. The SMILES string of the molecule is CCOc1ccc(C(N)CO)c(F)c1F. The first-order valence-corrected chi connectivity index (χ1v) is 4.59. The topological polar surface area (TPSA) is 55.5 Å². The largest absolute Gasteiger partial charge is 0.491 e. The molecule has 0 amide bonds. The van der Waals surface area contributed by atoms with Crippen LogP contribution in [-0.4, -0.2) is 18.3 Å². The summed E-state index contributed by atoms with van der Waals surface area (Å²) in [4.78, 5) is 0. The Morgan fingerprint density at radius 2 is 2.07 bits per heavy atom. The lowest BCUT2D eigenvalue weighted by Gasteiger charge is -2.12. The fourth-order valence-corrected chi connectivity index (χ4v) is 1.20. The van der Waals surface area contributed by atoms with E-state index in [1.165, 1.54) is 12.1 Å². The third-order valence-corrected chi connectivity index (χ3v) is 1.97. The van der Waals surface area contributed by atoms with Crippen LogP contribution in [0, 0.1) is 11.6 Å². The van der Waals surface area contributed by atoms with Gasteiger partial charge < -0.3 is 15.6 Å². The monoisotopic (exact) mass is 217 g/mol. The van der Waals surface area contributed by atoms with Crippen LogP contribution in [0.15, 0.2) is 12.1 Å². The first-order chi connectivity index (χ1) is 7.11. The lowest BCUT2D eigenvalue weighted by atomic mass is 10.1. The Morgan fingerprint density at radius 1 is 1.40 bits per heavy atom. The number of halogens is 2. The summed E-state index contributed by atoms with van der Waals surface area (Å²) < 4.78 is 31.6. The predicted molar refractivity (Wildman–Crippen MR) is 51.5 cm³/mol. The second-order valence-electron chi connectivity index (χ2n) is 3.00. The molecule has 0 saturated carbocycles. The van der Waals surface area contributed by atoms with E-state index >= 15 is 0 Å². The van der Waals surface area contributed by atoms with E-state index in [-0.39, 0.29) is 17.9 Å². The second kappa shape index (κ2) is 5.04. The van der Waals surface area contributed by atoms with Crippen LogP contribution in [0.25, 0.3) is 0 Å². The van der Waals surface area contributed by atoms with Gasteiger partial charge in [0, 0.05) is 5.56 Å². The van der Waals surface area contributed by atoms with Gasteiger partial charge in [-0.15, -0.1) is 0 Å². The van der Waals surface area contributed by atoms with Crippen molar-refractivity contribution in [3.63, 3.8) is 0 Å². The van der Waals surface area contributed by atoms with Gasteiger partial charge in [-0.1, -0.05) is 6.07 Å². The van der Waals surface area contributed by atoms with Gasteiger partial charge in [0.05, 0.1) is 19.3 Å². The molecule has 0 spiro atoms. The predicted octanol–water partition coefficient (Wildman–Crippen LogP) is 1.36. The first kappa shape index (κ1) is 11.9. The van der Waals surface area contributed by atoms with Crippen molar-refractivity contribution in [3.05, 3.63) is 29.3 Å². The number of nitrogens with two attached hydrogens (primary N) is 1. The molecule has 1 aromatic rings. The number of aliphatic hydroxyl groups excluding tert-OH is 1. The summed E-state index contributed by atoms with van der Waals surface area (Å²) >= 11 is 0. The summed E-state index contributed by atoms with van der Waals surface area (Å²) in [6.07, 6.45) is 0. The molecular formula is C10H13F2NO2. The van der Waals surface area contributed by atoms with E-state index in [1.54, 1.807) is 6.92 Å². The molecule has 0 aromatic heterocycles. The lowest BCUT2D eigenvalue weighted by molar-refractivity contribution is 0.263. The van der Waals surface area contributed by atoms with E-state index in [9.17, 15) is 8.78 Å². The molecule has 84 valence electrons.